The molecule has 0 aromatic carbocycles. The van der Waals surface area contributed by atoms with Gasteiger partial charge in [0.05, 0.1) is 29.2 Å². The van der Waals surface area contributed by atoms with Gasteiger partial charge in [0.1, 0.15) is 5.65 Å². The van der Waals surface area contributed by atoms with Crippen molar-refractivity contribution in [3.8, 4) is 11.3 Å². The zero-order chi connectivity index (χ0) is 18.9. The second-order valence-corrected chi connectivity index (χ2v) is 7.45. The zero-order valence-electron chi connectivity index (χ0n) is 15.9. The molecule has 4 aromatic rings. The van der Waals surface area contributed by atoms with Gasteiger partial charge in [0.15, 0.2) is 0 Å². The molecule has 5 heterocycles. The summed E-state index contributed by atoms with van der Waals surface area (Å²) < 4.78 is 2.18. The number of nitrogens with zero attached hydrogens (tertiary/aromatic N) is 4. The van der Waals surface area contributed by atoms with Gasteiger partial charge in [-0.15, -0.1) is 0 Å². The number of hydrogen-bond acceptors (Lipinski definition) is 4. The maximum absolute atomic E-state index is 4.94. The van der Waals surface area contributed by atoms with Gasteiger partial charge in [0.2, 0.25) is 0 Å². The van der Waals surface area contributed by atoms with Crippen LogP contribution in [0.15, 0.2) is 67.3 Å². The molecular formula is C23H23N5. The Bertz CT molecular complexity index is 1100. The lowest BCUT2D eigenvalue weighted by molar-refractivity contribution is 0.321. The van der Waals surface area contributed by atoms with Crippen LogP contribution in [0.4, 0.5) is 0 Å². The molecule has 0 amide bonds. The minimum Gasteiger partial charge on any atom is -0.300 e. The normalized spacial score (nSPS) is 19.8. The lowest BCUT2D eigenvalue weighted by atomic mass is 9.93. The van der Waals surface area contributed by atoms with Gasteiger partial charge in [0.25, 0.3) is 0 Å². The molecule has 1 N–H and O–H groups in total. The zero-order valence-corrected chi connectivity index (χ0v) is 15.9. The second-order valence-electron chi connectivity index (χ2n) is 7.45. The van der Waals surface area contributed by atoms with Crippen molar-refractivity contribution in [1.82, 2.24) is 24.7 Å². The SMILES string of the molecule is Cc1cccnc1[C@@H]1CCC[C@H](c2cn3c(-c4ccncc4)cccc3n2)N1. The van der Waals surface area contributed by atoms with Crippen molar-refractivity contribution < 1.29 is 0 Å². The summed E-state index contributed by atoms with van der Waals surface area (Å²) in [7, 11) is 0. The molecule has 0 radical (unpaired) electrons. The van der Waals surface area contributed by atoms with Crippen LogP contribution in [-0.2, 0) is 0 Å². The van der Waals surface area contributed by atoms with Crippen LogP contribution in [0.3, 0.4) is 0 Å². The van der Waals surface area contributed by atoms with Gasteiger partial charge in [-0.3, -0.25) is 14.4 Å². The van der Waals surface area contributed by atoms with Crippen LogP contribution in [0.1, 0.15) is 48.3 Å². The van der Waals surface area contributed by atoms with Crippen LogP contribution in [0.25, 0.3) is 16.9 Å². The number of nitrogens with one attached hydrogen (secondary N) is 1. The van der Waals surface area contributed by atoms with Crippen LogP contribution >= 0.6 is 0 Å². The predicted octanol–water partition coefficient (Wildman–Crippen LogP) is 4.66. The Morgan fingerprint density at radius 3 is 2.68 bits per heavy atom. The smallest absolute Gasteiger partial charge is 0.137 e. The number of pyridine rings is 3. The molecule has 1 aliphatic rings. The van der Waals surface area contributed by atoms with Gasteiger partial charge in [-0.25, -0.2) is 4.98 Å². The molecule has 0 spiro atoms. The van der Waals surface area contributed by atoms with Gasteiger partial charge in [-0.2, -0.15) is 0 Å². The Morgan fingerprint density at radius 2 is 1.82 bits per heavy atom. The molecule has 5 heteroatoms. The number of aryl methyl sites for hydroxylation is 1. The molecular weight excluding hydrogens is 346 g/mol. The van der Waals surface area contributed by atoms with E-state index in [1.165, 1.54) is 12.0 Å². The van der Waals surface area contributed by atoms with Gasteiger partial charge >= 0.3 is 0 Å². The van der Waals surface area contributed by atoms with Crippen molar-refractivity contribution in [2.24, 2.45) is 0 Å². The Morgan fingerprint density at radius 1 is 0.964 bits per heavy atom. The fraction of sp³-hybridized carbons (Fsp3) is 0.261. The average Bonchev–Trinajstić information content (AvgIpc) is 3.19. The Hall–Kier alpha value is -3.05. The van der Waals surface area contributed by atoms with Crippen molar-refractivity contribution >= 4 is 5.65 Å². The van der Waals surface area contributed by atoms with E-state index in [1.54, 1.807) is 0 Å². The lowest BCUT2D eigenvalue weighted by Gasteiger charge is -2.30. The van der Waals surface area contributed by atoms with E-state index in [0.717, 1.165) is 41.1 Å². The van der Waals surface area contributed by atoms with E-state index < -0.39 is 0 Å². The molecule has 5 rings (SSSR count). The van der Waals surface area contributed by atoms with E-state index in [2.05, 4.69) is 57.1 Å². The van der Waals surface area contributed by atoms with Gasteiger partial charge in [-0.05, 0) is 62.1 Å². The maximum atomic E-state index is 4.94. The summed E-state index contributed by atoms with van der Waals surface area (Å²) >= 11 is 0. The van der Waals surface area contributed by atoms with Crippen LogP contribution in [0.5, 0.6) is 0 Å². The summed E-state index contributed by atoms with van der Waals surface area (Å²) in [4.78, 5) is 13.7. The Balaban J connectivity index is 1.49. The molecule has 0 aliphatic carbocycles. The number of aromatic nitrogens is 4. The van der Waals surface area contributed by atoms with Gasteiger partial charge in [-0.1, -0.05) is 12.1 Å². The fourth-order valence-electron chi connectivity index (χ4n) is 4.20. The average molecular weight is 369 g/mol. The number of hydrogen-bond donors (Lipinski definition) is 1. The lowest BCUT2D eigenvalue weighted by Crippen LogP contribution is -2.32. The minimum absolute atomic E-state index is 0.241. The predicted molar refractivity (Wildman–Crippen MR) is 110 cm³/mol. The molecule has 0 unspecified atom stereocenters. The highest BCUT2D eigenvalue weighted by molar-refractivity contribution is 5.63. The van der Waals surface area contributed by atoms with E-state index in [9.17, 15) is 0 Å². The highest BCUT2D eigenvalue weighted by Crippen LogP contribution is 2.33. The number of fused-ring (bicyclic) bond motifs is 1. The first kappa shape index (κ1) is 17.1. The molecule has 5 nitrogen and oxygen atoms in total. The first-order valence-corrected chi connectivity index (χ1v) is 9.85. The van der Waals surface area contributed by atoms with E-state index in [-0.39, 0.29) is 12.1 Å². The van der Waals surface area contributed by atoms with Crippen LogP contribution in [0.2, 0.25) is 0 Å². The van der Waals surface area contributed by atoms with E-state index >= 15 is 0 Å². The Labute approximate surface area is 164 Å². The van der Waals surface area contributed by atoms with Crippen molar-refractivity contribution in [3.63, 3.8) is 0 Å². The van der Waals surface area contributed by atoms with Gasteiger partial charge < -0.3 is 5.32 Å². The molecule has 0 bridgehead atoms. The first-order chi connectivity index (χ1) is 13.8. The second kappa shape index (κ2) is 7.17. The maximum Gasteiger partial charge on any atom is 0.137 e. The van der Waals surface area contributed by atoms with E-state index in [4.69, 9.17) is 4.98 Å². The molecule has 28 heavy (non-hydrogen) atoms. The summed E-state index contributed by atoms with van der Waals surface area (Å²) in [6.45, 7) is 2.14. The van der Waals surface area contributed by atoms with Crippen molar-refractivity contribution in [3.05, 3.63) is 84.2 Å². The molecule has 140 valence electrons. The van der Waals surface area contributed by atoms with Crippen LogP contribution < -0.4 is 5.32 Å². The highest BCUT2D eigenvalue weighted by atomic mass is 15.1. The third-order valence-electron chi connectivity index (χ3n) is 5.61. The van der Waals surface area contributed by atoms with Crippen molar-refractivity contribution in [2.45, 2.75) is 38.3 Å². The summed E-state index contributed by atoms with van der Waals surface area (Å²) in [5.74, 6) is 0. The molecule has 1 saturated heterocycles. The highest BCUT2D eigenvalue weighted by Gasteiger charge is 2.27. The summed E-state index contributed by atoms with van der Waals surface area (Å²) in [6.07, 6.45) is 11.1. The molecule has 1 fully saturated rings. The van der Waals surface area contributed by atoms with E-state index in [1.807, 2.05) is 36.8 Å². The third-order valence-corrected chi connectivity index (χ3v) is 5.61. The summed E-state index contributed by atoms with van der Waals surface area (Å²) in [5, 5.41) is 3.80. The van der Waals surface area contributed by atoms with Crippen molar-refractivity contribution in [2.75, 3.05) is 0 Å². The fourth-order valence-corrected chi connectivity index (χ4v) is 4.20. The topological polar surface area (TPSA) is 55.1 Å². The Kier molecular flexibility index (Phi) is 4.37. The molecule has 4 aromatic heterocycles. The van der Waals surface area contributed by atoms with E-state index in [0.29, 0.717) is 0 Å². The first-order valence-electron chi connectivity index (χ1n) is 9.85. The molecule has 2 atom stereocenters. The summed E-state index contributed by atoms with van der Waals surface area (Å²) in [6, 6.07) is 15.0. The quantitative estimate of drug-likeness (QED) is 0.571. The van der Waals surface area contributed by atoms with Crippen LogP contribution in [-0.4, -0.2) is 19.4 Å². The minimum atomic E-state index is 0.241. The number of imidazole rings is 1. The summed E-state index contributed by atoms with van der Waals surface area (Å²) in [5.41, 5.74) is 6.75. The molecule has 1 aliphatic heterocycles. The monoisotopic (exact) mass is 369 g/mol. The largest absolute Gasteiger partial charge is 0.300 e. The van der Waals surface area contributed by atoms with Gasteiger partial charge in [0, 0.05) is 30.4 Å². The van der Waals surface area contributed by atoms with Crippen LogP contribution in [0, 0.1) is 6.92 Å². The number of piperidine rings is 1. The number of rotatable bonds is 3. The third kappa shape index (κ3) is 3.08. The van der Waals surface area contributed by atoms with Crippen molar-refractivity contribution in [1.29, 1.82) is 0 Å². The standard InChI is InChI=1S/C23H23N5/c1-16-5-4-12-25-23(16)19-7-2-6-18(26-19)20-15-28-21(8-3-9-22(28)27-20)17-10-13-24-14-11-17/h3-5,8-15,18-19,26H,2,6-7H2,1H3/t18-,19+/m1/s1. The molecule has 0 saturated carbocycles.